The van der Waals surface area contributed by atoms with E-state index in [0.717, 1.165) is 12.8 Å². The van der Waals surface area contributed by atoms with Gasteiger partial charge in [0.1, 0.15) is 6.04 Å². The predicted octanol–water partition coefficient (Wildman–Crippen LogP) is 3.09. The van der Waals surface area contributed by atoms with Crippen LogP contribution in [0, 0.1) is 0 Å². The third-order valence-electron chi connectivity index (χ3n) is 3.36. The van der Waals surface area contributed by atoms with E-state index in [-0.39, 0.29) is 0 Å². The van der Waals surface area contributed by atoms with Crippen molar-refractivity contribution in [2.45, 2.75) is 25.3 Å². The summed E-state index contributed by atoms with van der Waals surface area (Å²) in [7, 11) is 0. The molecule has 0 aliphatic heterocycles. The van der Waals surface area contributed by atoms with Crippen molar-refractivity contribution >= 4 is 5.97 Å². The van der Waals surface area contributed by atoms with Crippen molar-refractivity contribution in [3.63, 3.8) is 0 Å². The molecule has 0 aliphatic rings. The number of rotatable bonds is 6. The first-order chi connectivity index (χ1) is 9.66. The molecule has 0 amide bonds. The number of benzene rings is 2. The molecule has 0 saturated heterocycles. The molecule has 0 bridgehead atoms. The summed E-state index contributed by atoms with van der Waals surface area (Å²) in [5.74, 6) is -0.926. The van der Waals surface area contributed by atoms with Crippen LogP contribution in [-0.4, -0.2) is 17.1 Å². The summed E-state index contributed by atoms with van der Waals surface area (Å²) in [5.41, 5.74) is 9.08. The van der Waals surface area contributed by atoms with Crippen molar-refractivity contribution < 1.29 is 9.90 Å². The molecule has 0 aliphatic carbocycles. The van der Waals surface area contributed by atoms with E-state index >= 15 is 0 Å². The summed E-state index contributed by atoms with van der Waals surface area (Å²) in [6.45, 7) is 0. The summed E-state index contributed by atoms with van der Waals surface area (Å²) in [4.78, 5) is 10.6. The molecule has 20 heavy (non-hydrogen) atoms. The Bertz CT molecular complexity index is 549. The molecular formula is C17H19NO2. The minimum atomic E-state index is -0.926. The van der Waals surface area contributed by atoms with Gasteiger partial charge < -0.3 is 10.8 Å². The standard InChI is InChI=1S/C17H19NO2/c18-16(17(19)20)8-4-5-13-9-11-15(12-10-13)14-6-2-1-3-7-14/h1-3,6-7,9-12,16H,4-5,8,18H2,(H,19,20). The molecule has 0 saturated carbocycles. The quantitative estimate of drug-likeness (QED) is 0.847. The molecule has 3 heteroatoms. The van der Waals surface area contributed by atoms with E-state index in [0.29, 0.717) is 6.42 Å². The zero-order valence-corrected chi connectivity index (χ0v) is 11.3. The summed E-state index contributed by atoms with van der Waals surface area (Å²) in [6.07, 6.45) is 2.16. The molecular weight excluding hydrogens is 250 g/mol. The number of aliphatic carboxylic acids is 1. The van der Waals surface area contributed by atoms with Crippen LogP contribution in [0.4, 0.5) is 0 Å². The van der Waals surface area contributed by atoms with Crippen LogP contribution in [0.1, 0.15) is 18.4 Å². The van der Waals surface area contributed by atoms with Crippen molar-refractivity contribution in [1.82, 2.24) is 0 Å². The summed E-state index contributed by atoms with van der Waals surface area (Å²) in [6, 6.07) is 17.9. The number of carboxylic acids is 1. The highest BCUT2D eigenvalue weighted by atomic mass is 16.4. The predicted molar refractivity (Wildman–Crippen MR) is 80.4 cm³/mol. The fourth-order valence-corrected chi connectivity index (χ4v) is 2.14. The maximum Gasteiger partial charge on any atom is 0.320 e. The van der Waals surface area contributed by atoms with Crippen molar-refractivity contribution in [3.05, 3.63) is 60.2 Å². The van der Waals surface area contributed by atoms with Crippen molar-refractivity contribution in [2.24, 2.45) is 5.73 Å². The second-order valence-electron chi connectivity index (χ2n) is 4.90. The third-order valence-corrected chi connectivity index (χ3v) is 3.36. The topological polar surface area (TPSA) is 63.3 Å². The summed E-state index contributed by atoms with van der Waals surface area (Å²) < 4.78 is 0. The van der Waals surface area contributed by atoms with Gasteiger partial charge in [-0.05, 0) is 36.0 Å². The Morgan fingerprint density at radius 3 is 2.20 bits per heavy atom. The average Bonchev–Trinajstić information content (AvgIpc) is 2.48. The normalized spacial score (nSPS) is 12.1. The van der Waals surface area contributed by atoms with E-state index < -0.39 is 12.0 Å². The fraction of sp³-hybridized carbons (Fsp3) is 0.235. The molecule has 3 nitrogen and oxygen atoms in total. The number of carbonyl (C=O) groups is 1. The largest absolute Gasteiger partial charge is 0.480 e. The molecule has 0 spiro atoms. The van der Waals surface area contributed by atoms with Gasteiger partial charge in [-0.15, -0.1) is 0 Å². The SMILES string of the molecule is NC(CCCc1ccc(-c2ccccc2)cc1)C(=O)O. The molecule has 2 rings (SSSR count). The lowest BCUT2D eigenvalue weighted by atomic mass is 10.0. The average molecular weight is 269 g/mol. The van der Waals surface area contributed by atoms with Crippen LogP contribution in [0.3, 0.4) is 0 Å². The maximum absolute atomic E-state index is 10.6. The number of aryl methyl sites for hydroxylation is 1. The monoisotopic (exact) mass is 269 g/mol. The van der Waals surface area contributed by atoms with Crippen LogP contribution in [0.15, 0.2) is 54.6 Å². The van der Waals surface area contributed by atoms with Crippen molar-refractivity contribution in [1.29, 1.82) is 0 Å². The van der Waals surface area contributed by atoms with Crippen LogP contribution >= 0.6 is 0 Å². The third kappa shape index (κ3) is 3.93. The van der Waals surface area contributed by atoms with Gasteiger partial charge in [0.05, 0.1) is 0 Å². The van der Waals surface area contributed by atoms with E-state index in [1.807, 2.05) is 18.2 Å². The molecule has 3 N–H and O–H groups in total. The highest BCUT2D eigenvalue weighted by molar-refractivity contribution is 5.72. The highest BCUT2D eigenvalue weighted by Gasteiger charge is 2.10. The van der Waals surface area contributed by atoms with Gasteiger partial charge in [-0.25, -0.2) is 0 Å². The number of nitrogens with two attached hydrogens (primary N) is 1. The van der Waals surface area contributed by atoms with Gasteiger partial charge in [-0.3, -0.25) is 4.79 Å². The second-order valence-corrected chi connectivity index (χ2v) is 4.90. The Balaban J connectivity index is 1.91. The Labute approximate surface area is 119 Å². The van der Waals surface area contributed by atoms with Crippen molar-refractivity contribution in [2.75, 3.05) is 0 Å². The lowest BCUT2D eigenvalue weighted by Crippen LogP contribution is -2.29. The second kappa shape index (κ2) is 6.87. The van der Waals surface area contributed by atoms with Gasteiger partial charge in [-0.1, -0.05) is 54.6 Å². The molecule has 104 valence electrons. The van der Waals surface area contributed by atoms with Crippen LogP contribution in [0.2, 0.25) is 0 Å². The first-order valence-corrected chi connectivity index (χ1v) is 6.79. The van der Waals surface area contributed by atoms with Gasteiger partial charge >= 0.3 is 5.97 Å². The van der Waals surface area contributed by atoms with Crippen LogP contribution < -0.4 is 5.73 Å². The molecule has 1 unspecified atom stereocenters. The molecule has 2 aromatic rings. The summed E-state index contributed by atoms with van der Waals surface area (Å²) >= 11 is 0. The highest BCUT2D eigenvalue weighted by Crippen LogP contribution is 2.19. The number of hydrogen-bond acceptors (Lipinski definition) is 2. The molecule has 2 aromatic carbocycles. The van der Waals surface area contributed by atoms with E-state index in [1.54, 1.807) is 0 Å². The van der Waals surface area contributed by atoms with Crippen LogP contribution in [-0.2, 0) is 11.2 Å². The van der Waals surface area contributed by atoms with Gasteiger partial charge in [-0.2, -0.15) is 0 Å². The van der Waals surface area contributed by atoms with E-state index in [2.05, 4.69) is 36.4 Å². The Morgan fingerprint density at radius 1 is 1.00 bits per heavy atom. The number of carboxylic acid groups (broad SMARTS) is 1. The number of hydrogen-bond donors (Lipinski definition) is 2. The Morgan fingerprint density at radius 2 is 1.60 bits per heavy atom. The Hall–Kier alpha value is -2.13. The zero-order valence-electron chi connectivity index (χ0n) is 11.3. The molecule has 0 aromatic heterocycles. The van der Waals surface area contributed by atoms with Gasteiger partial charge in [0.2, 0.25) is 0 Å². The van der Waals surface area contributed by atoms with Gasteiger partial charge in [0, 0.05) is 0 Å². The lowest BCUT2D eigenvalue weighted by molar-refractivity contribution is -0.138. The van der Waals surface area contributed by atoms with Gasteiger partial charge in [0.25, 0.3) is 0 Å². The minimum Gasteiger partial charge on any atom is -0.480 e. The van der Waals surface area contributed by atoms with Crippen LogP contribution in [0.5, 0.6) is 0 Å². The fourth-order valence-electron chi connectivity index (χ4n) is 2.14. The lowest BCUT2D eigenvalue weighted by Gasteiger charge is -2.07. The molecule has 0 fully saturated rings. The Kier molecular flexibility index (Phi) is 4.91. The first kappa shape index (κ1) is 14.3. The molecule has 0 heterocycles. The zero-order chi connectivity index (χ0) is 14.4. The van der Waals surface area contributed by atoms with Crippen LogP contribution in [0.25, 0.3) is 11.1 Å². The molecule has 1 atom stereocenters. The van der Waals surface area contributed by atoms with Crippen molar-refractivity contribution in [3.8, 4) is 11.1 Å². The van der Waals surface area contributed by atoms with E-state index in [4.69, 9.17) is 10.8 Å². The molecule has 0 radical (unpaired) electrons. The minimum absolute atomic E-state index is 0.510. The first-order valence-electron chi connectivity index (χ1n) is 6.79. The smallest absolute Gasteiger partial charge is 0.320 e. The maximum atomic E-state index is 10.6. The van der Waals surface area contributed by atoms with E-state index in [1.165, 1.54) is 16.7 Å². The van der Waals surface area contributed by atoms with E-state index in [9.17, 15) is 4.79 Å². The summed E-state index contributed by atoms with van der Waals surface area (Å²) in [5, 5.41) is 8.72. The van der Waals surface area contributed by atoms with Gasteiger partial charge in [0.15, 0.2) is 0 Å².